The Labute approximate surface area is 162 Å². The third-order valence-electron chi connectivity index (χ3n) is 5.59. The summed E-state index contributed by atoms with van der Waals surface area (Å²) < 4.78 is 5.16. The molecule has 1 aromatic carbocycles. The number of hydrogen-bond acceptors (Lipinski definition) is 4. The lowest BCUT2D eigenvalue weighted by atomic mass is 9.78. The summed E-state index contributed by atoms with van der Waals surface area (Å²) in [5.74, 6) is 1.68. The summed E-state index contributed by atoms with van der Waals surface area (Å²) in [6, 6.07) is 7.48. The Kier molecular flexibility index (Phi) is 8.10. The molecule has 1 aliphatic carbocycles. The first-order chi connectivity index (χ1) is 12.9. The number of methoxy groups -OCH3 is 1. The average molecular weight is 376 g/mol. The lowest BCUT2D eigenvalue weighted by molar-refractivity contribution is -0.124. The molecule has 6 heteroatoms. The smallest absolute Gasteiger partial charge is 0.238 e. The maximum atomic E-state index is 12.5. The third-order valence-corrected chi connectivity index (χ3v) is 5.59. The molecule has 150 valence electrons. The lowest BCUT2D eigenvalue weighted by Gasteiger charge is -2.35. The van der Waals surface area contributed by atoms with Crippen LogP contribution in [-0.2, 0) is 9.59 Å². The molecule has 2 rings (SSSR count). The summed E-state index contributed by atoms with van der Waals surface area (Å²) in [7, 11) is 1.59. The standard InChI is InChI=1S/C21H33N3O3/c1-5-24(13-20(25)22-17-9-7-10-18(12-17)27-4)14-21(26)23-19-11-6-8-15(2)16(19)3/h7,9-10,12,15-16,19H,5-6,8,11,13-14H2,1-4H3,(H,22,25)(H,23,26)/t15-,16-,19-/m0/s1. The highest BCUT2D eigenvalue weighted by Crippen LogP contribution is 2.29. The summed E-state index contributed by atoms with van der Waals surface area (Å²) in [6.07, 6.45) is 3.44. The predicted octanol–water partition coefficient (Wildman–Crippen LogP) is 2.90. The molecule has 1 aromatic rings. The number of carbonyl (C=O) groups excluding carboxylic acids is 2. The van der Waals surface area contributed by atoms with E-state index in [1.165, 1.54) is 6.42 Å². The molecule has 1 aliphatic rings. The fraction of sp³-hybridized carbons (Fsp3) is 0.619. The van der Waals surface area contributed by atoms with E-state index in [0.717, 1.165) is 12.8 Å². The van der Waals surface area contributed by atoms with Crippen molar-refractivity contribution in [3.8, 4) is 5.75 Å². The van der Waals surface area contributed by atoms with Crippen LogP contribution in [0.1, 0.15) is 40.0 Å². The zero-order valence-electron chi connectivity index (χ0n) is 17.0. The summed E-state index contributed by atoms with van der Waals surface area (Å²) in [4.78, 5) is 26.6. The van der Waals surface area contributed by atoms with E-state index < -0.39 is 0 Å². The van der Waals surface area contributed by atoms with Crippen LogP contribution in [0.2, 0.25) is 0 Å². The minimum Gasteiger partial charge on any atom is -0.497 e. The monoisotopic (exact) mass is 375 g/mol. The molecule has 1 fully saturated rings. The molecule has 1 saturated carbocycles. The lowest BCUT2D eigenvalue weighted by Crippen LogP contribution is -2.48. The Morgan fingerprint density at radius 2 is 1.93 bits per heavy atom. The zero-order valence-corrected chi connectivity index (χ0v) is 17.0. The number of benzene rings is 1. The van der Waals surface area contributed by atoms with Crippen molar-refractivity contribution in [2.45, 2.75) is 46.1 Å². The van der Waals surface area contributed by atoms with Crippen LogP contribution in [0.4, 0.5) is 5.69 Å². The Hall–Kier alpha value is -2.08. The van der Waals surface area contributed by atoms with Gasteiger partial charge in [0.15, 0.2) is 0 Å². The van der Waals surface area contributed by atoms with Gasteiger partial charge in [-0.15, -0.1) is 0 Å². The number of nitrogens with zero attached hydrogens (tertiary/aromatic N) is 1. The Morgan fingerprint density at radius 1 is 1.19 bits per heavy atom. The molecule has 0 radical (unpaired) electrons. The molecular weight excluding hydrogens is 342 g/mol. The summed E-state index contributed by atoms with van der Waals surface area (Å²) in [5.41, 5.74) is 0.685. The number of hydrogen-bond donors (Lipinski definition) is 2. The van der Waals surface area contributed by atoms with Gasteiger partial charge in [0.25, 0.3) is 0 Å². The van der Waals surface area contributed by atoms with Gasteiger partial charge in [-0.2, -0.15) is 0 Å². The fourth-order valence-corrected chi connectivity index (χ4v) is 3.63. The van der Waals surface area contributed by atoms with Crippen LogP contribution in [0.3, 0.4) is 0 Å². The molecule has 0 aromatic heterocycles. The number of rotatable bonds is 8. The van der Waals surface area contributed by atoms with Gasteiger partial charge in [0.05, 0.1) is 20.2 Å². The van der Waals surface area contributed by atoms with Crippen molar-refractivity contribution < 1.29 is 14.3 Å². The van der Waals surface area contributed by atoms with Crippen LogP contribution in [-0.4, -0.2) is 49.5 Å². The molecule has 0 unspecified atom stereocenters. The molecule has 0 spiro atoms. The first kappa shape index (κ1) is 21.2. The second kappa shape index (κ2) is 10.3. The van der Waals surface area contributed by atoms with E-state index in [1.54, 1.807) is 13.2 Å². The van der Waals surface area contributed by atoms with Gasteiger partial charge >= 0.3 is 0 Å². The van der Waals surface area contributed by atoms with Gasteiger partial charge in [0, 0.05) is 17.8 Å². The molecule has 0 bridgehead atoms. The van der Waals surface area contributed by atoms with Crippen LogP contribution >= 0.6 is 0 Å². The molecule has 0 heterocycles. The molecular formula is C21H33N3O3. The molecule has 2 N–H and O–H groups in total. The number of carbonyl (C=O) groups is 2. The molecule has 0 saturated heterocycles. The van der Waals surface area contributed by atoms with Gasteiger partial charge in [0.2, 0.25) is 11.8 Å². The third kappa shape index (κ3) is 6.54. The predicted molar refractivity (Wildman–Crippen MR) is 108 cm³/mol. The molecule has 27 heavy (non-hydrogen) atoms. The maximum absolute atomic E-state index is 12.5. The average Bonchev–Trinajstić information content (AvgIpc) is 2.65. The van der Waals surface area contributed by atoms with Gasteiger partial charge < -0.3 is 15.4 Å². The Bertz CT molecular complexity index is 635. The Balaban J connectivity index is 1.83. The summed E-state index contributed by atoms with van der Waals surface area (Å²) >= 11 is 0. The van der Waals surface area contributed by atoms with Crippen molar-refractivity contribution >= 4 is 17.5 Å². The van der Waals surface area contributed by atoms with Crippen molar-refractivity contribution in [2.24, 2.45) is 11.8 Å². The van der Waals surface area contributed by atoms with Gasteiger partial charge in [-0.1, -0.05) is 39.7 Å². The van der Waals surface area contributed by atoms with Crippen LogP contribution in [0.25, 0.3) is 0 Å². The van der Waals surface area contributed by atoms with Crippen molar-refractivity contribution in [1.82, 2.24) is 10.2 Å². The fourth-order valence-electron chi connectivity index (χ4n) is 3.63. The highest BCUT2D eigenvalue weighted by Gasteiger charge is 2.28. The van der Waals surface area contributed by atoms with E-state index in [-0.39, 0.29) is 30.9 Å². The highest BCUT2D eigenvalue weighted by molar-refractivity contribution is 5.92. The second-order valence-corrected chi connectivity index (χ2v) is 7.52. The van der Waals surface area contributed by atoms with Gasteiger partial charge in [-0.3, -0.25) is 14.5 Å². The minimum atomic E-state index is -0.141. The number of likely N-dealkylation sites (N-methyl/N-ethyl adjacent to an activating group) is 1. The molecule has 6 nitrogen and oxygen atoms in total. The normalized spacial score (nSPS) is 22.3. The van der Waals surface area contributed by atoms with Crippen molar-refractivity contribution in [3.63, 3.8) is 0 Å². The Morgan fingerprint density at radius 3 is 2.63 bits per heavy atom. The van der Waals surface area contributed by atoms with Gasteiger partial charge in [0.1, 0.15) is 5.75 Å². The van der Waals surface area contributed by atoms with E-state index in [0.29, 0.717) is 29.8 Å². The quantitative estimate of drug-likeness (QED) is 0.733. The molecule has 0 aliphatic heterocycles. The second-order valence-electron chi connectivity index (χ2n) is 7.52. The minimum absolute atomic E-state index is 0.00280. The van der Waals surface area contributed by atoms with Crippen LogP contribution in [0.5, 0.6) is 5.75 Å². The van der Waals surface area contributed by atoms with E-state index in [4.69, 9.17) is 4.74 Å². The molecule has 3 atom stereocenters. The van der Waals surface area contributed by atoms with Crippen molar-refractivity contribution in [3.05, 3.63) is 24.3 Å². The zero-order chi connectivity index (χ0) is 19.8. The van der Waals surface area contributed by atoms with Gasteiger partial charge in [-0.25, -0.2) is 0 Å². The van der Waals surface area contributed by atoms with E-state index in [1.807, 2.05) is 30.0 Å². The SMILES string of the molecule is CCN(CC(=O)Nc1cccc(OC)c1)CC(=O)N[C@H]1CCC[C@H](C)[C@@H]1C. The number of amides is 2. The maximum Gasteiger partial charge on any atom is 0.238 e. The van der Waals surface area contributed by atoms with E-state index >= 15 is 0 Å². The number of ether oxygens (including phenoxy) is 1. The number of nitrogens with one attached hydrogen (secondary N) is 2. The molecule has 2 amide bonds. The first-order valence-corrected chi connectivity index (χ1v) is 9.88. The first-order valence-electron chi connectivity index (χ1n) is 9.88. The van der Waals surface area contributed by atoms with Gasteiger partial charge in [-0.05, 0) is 36.9 Å². The van der Waals surface area contributed by atoms with Crippen molar-refractivity contribution in [2.75, 3.05) is 32.1 Å². The summed E-state index contributed by atoms with van der Waals surface area (Å²) in [6.45, 7) is 7.47. The van der Waals surface area contributed by atoms with Crippen LogP contribution < -0.4 is 15.4 Å². The van der Waals surface area contributed by atoms with E-state index in [2.05, 4.69) is 24.5 Å². The van der Waals surface area contributed by atoms with E-state index in [9.17, 15) is 9.59 Å². The topological polar surface area (TPSA) is 70.7 Å². The number of anilines is 1. The van der Waals surface area contributed by atoms with Crippen LogP contribution in [0, 0.1) is 11.8 Å². The van der Waals surface area contributed by atoms with Crippen molar-refractivity contribution in [1.29, 1.82) is 0 Å². The largest absolute Gasteiger partial charge is 0.497 e. The van der Waals surface area contributed by atoms with Crippen LogP contribution in [0.15, 0.2) is 24.3 Å². The summed E-state index contributed by atoms with van der Waals surface area (Å²) in [5, 5.41) is 6.03. The highest BCUT2D eigenvalue weighted by atomic mass is 16.5.